The number of nitrogens with one attached hydrogen (secondary N) is 1. The Morgan fingerprint density at radius 3 is 2.67 bits per heavy atom. The predicted octanol–water partition coefficient (Wildman–Crippen LogP) is 3.48. The van der Waals surface area contributed by atoms with E-state index >= 15 is 0 Å². The molecule has 128 valence electrons. The zero-order chi connectivity index (χ0) is 16.9. The van der Waals surface area contributed by atoms with Gasteiger partial charge in [-0.2, -0.15) is 11.8 Å². The Bertz CT molecular complexity index is 651. The van der Waals surface area contributed by atoms with E-state index in [9.17, 15) is 9.59 Å². The molecular formula is C19H24N2O2S. The molecule has 0 bridgehead atoms. The van der Waals surface area contributed by atoms with Crippen molar-refractivity contribution >= 4 is 29.3 Å². The van der Waals surface area contributed by atoms with Crippen molar-refractivity contribution in [1.82, 2.24) is 4.90 Å². The number of carbonyl (C=O) groups is 2. The summed E-state index contributed by atoms with van der Waals surface area (Å²) in [7, 11) is 0. The summed E-state index contributed by atoms with van der Waals surface area (Å²) in [5, 5.41) is 3.02. The molecule has 2 aliphatic rings. The number of thioether (sulfide) groups is 1. The molecule has 1 atom stereocenters. The highest BCUT2D eigenvalue weighted by molar-refractivity contribution is 7.99. The van der Waals surface area contributed by atoms with Gasteiger partial charge in [-0.05, 0) is 49.9 Å². The number of rotatable bonds is 3. The first kappa shape index (κ1) is 17.1. The maximum absolute atomic E-state index is 12.6. The van der Waals surface area contributed by atoms with Gasteiger partial charge in [0, 0.05) is 41.8 Å². The van der Waals surface area contributed by atoms with Crippen LogP contribution in [0.3, 0.4) is 0 Å². The highest BCUT2D eigenvalue weighted by Crippen LogP contribution is 2.23. The second kappa shape index (κ2) is 7.88. The van der Waals surface area contributed by atoms with Crippen molar-refractivity contribution in [2.45, 2.75) is 26.2 Å². The standard InChI is InChI=1S/C19H24N2O2S/c1-14-13-16(19(23)21-9-11-24-12-10-21)7-8-17(14)20-18(22)15-5-3-2-4-6-15/h2-3,7-8,13,15H,4-6,9-12H2,1H3,(H,20,22)/t15-/m1/s1. The van der Waals surface area contributed by atoms with Crippen LogP contribution in [-0.2, 0) is 4.79 Å². The number of hydrogen-bond acceptors (Lipinski definition) is 3. The van der Waals surface area contributed by atoms with Crippen molar-refractivity contribution in [3.05, 3.63) is 41.5 Å². The van der Waals surface area contributed by atoms with Gasteiger partial charge in [-0.15, -0.1) is 0 Å². The number of nitrogens with zero attached hydrogens (tertiary/aromatic N) is 1. The van der Waals surface area contributed by atoms with Gasteiger partial charge in [0.15, 0.2) is 0 Å². The van der Waals surface area contributed by atoms with Gasteiger partial charge in [0.2, 0.25) is 5.91 Å². The lowest BCUT2D eigenvalue weighted by Crippen LogP contribution is -2.37. The molecule has 1 aliphatic carbocycles. The zero-order valence-electron chi connectivity index (χ0n) is 14.1. The van der Waals surface area contributed by atoms with Gasteiger partial charge in [-0.3, -0.25) is 9.59 Å². The lowest BCUT2D eigenvalue weighted by atomic mass is 9.93. The van der Waals surface area contributed by atoms with E-state index in [0.717, 1.165) is 55.1 Å². The average Bonchev–Trinajstić information content (AvgIpc) is 2.64. The van der Waals surface area contributed by atoms with E-state index in [1.54, 1.807) is 0 Å². The molecule has 0 aromatic heterocycles. The molecule has 0 saturated carbocycles. The molecular weight excluding hydrogens is 320 g/mol. The van der Waals surface area contributed by atoms with Gasteiger partial charge in [-0.1, -0.05) is 12.2 Å². The summed E-state index contributed by atoms with van der Waals surface area (Å²) < 4.78 is 0. The molecule has 3 rings (SSSR count). The van der Waals surface area contributed by atoms with Crippen molar-refractivity contribution in [2.75, 3.05) is 29.9 Å². The third kappa shape index (κ3) is 4.01. The third-order valence-electron chi connectivity index (χ3n) is 4.67. The number of carbonyl (C=O) groups excluding carboxylic acids is 2. The fourth-order valence-electron chi connectivity index (χ4n) is 3.15. The van der Waals surface area contributed by atoms with Crippen molar-refractivity contribution < 1.29 is 9.59 Å². The predicted molar refractivity (Wildman–Crippen MR) is 99.5 cm³/mol. The summed E-state index contributed by atoms with van der Waals surface area (Å²) >= 11 is 1.89. The van der Waals surface area contributed by atoms with Crippen molar-refractivity contribution in [1.29, 1.82) is 0 Å². The number of allylic oxidation sites excluding steroid dienone is 2. The minimum absolute atomic E-state index is 0.0570. The van der Waals surface area contributed by atoms with E-state index in [1.165, 1.54) is 0 Å². The van der Waals surface area contributed by atoms with Crippen molar-refractivity contribution in [3.63, 3.8) is 0 Å². The average molecular weight is 344 g/mol. The summed E-state index contributed by atoms with van der Waals surface area (Å²) in [5.74, 6) is 2.24. The normalized spacial score (nSPS) is 20.7. The lowest BCUT2D eigenvalue weighted by molar-refractivity contribution is -0.120. The van der Waals surface area contributed by atoms with Crippen LogP contribution in [-0.4, -0.2) is 41.3 Å². The molecule has 4 nitrogen and oxygen atoms in total. The highest BCUT2D eigenvalue weighted by atomic mass is 32.2. The van der Waals surface area contributed by atoms with E-state index in [4.69, 9.17) is 0 Å². The largest absolute Gasteiger partial charge is 0.337 e. The molecule has 1 saturated heterocycles. The quantitative estimate of drug-likeness (QED) is 0.854. The van der Waals surface area contributed by atoms with Gasteiger partial charge in [0.25, 0.3) is 5.91 Å². The Morgan fingerprint density at radius 2 is 2.00 bits per heavy atom. The Morgan fingerprint density at radius 1 is 1.21 bits per heavy atom. The molecule has 1 fully saturated rings. The van der Waals surface area contributed by atoms with Crippen LogP contribution in [0.2, 0.25) is 0 Å². The van der Waals surface area contributed by atoms with E-state index < -0.39 is 0 Å². The van der Waals surface area contributed by atoms with Crippen molar-refractivity contribution in [3.8, 4) is 0 Å². The first-order valence-electron chi connectivity index (χ1n) is 8.58. The molecule has 2 amide bonds. The van der Waals surface area contributed by atoms with Crippen LogP contribution in [0.1, 0.15) is 35.2 Å². The van der Waals surface area contributed by atoms with Gasteiger partial charge >= 0.3 is 0 Å². The number of amides is 2. The maximum Gasteiger partial charge on any atom is 0.253 e. The van der Waals surface area contributed by atoms with E-state index in [2.05, 4.69) is 17.5 Å². The van der Waals surface area contributed by atoms with Gasteiger partial charge in [-0.25, -0.2) is 0 Å². The second-order valence-electron chi connectivity index (χ2n) is 6.40. The third-order valence-corrected chi connectivity index (χ3v) is 5.61. The summed E-state index contributed by atoms with van der Waals surface area (Å²) in [6.07, 6.45) is 6.91. The number of aryl methyl sites for hydroxylation is 1. The summed E-state index contributed by atoms with van der Waals surface area (Å²) in [6, 6.07) is 5.58. The Kier molecular flexibility index (Phi) is 5.61. The first-order valence-corrected chi connectivity index (χ1v) is 9.74. The summed E-state index contributed by atoms with van der Waals surface area (Å²) in [5.41, 5.74) is 2.45. The molecule has 24 heavy (non-hydrogen) atoms. The Hall–Kier alpha value is -1.75. The van der Waals surface area contributed by atoms with Crippen LogP contribution in [0.4, 0.5) is 5.69 Å². The summed E-state index contributed by atoms with van der Waals surface area (Å²) in [6.45, 7) is 3.58. The van der Waals surface area contributed by atoms with Crippen LogP contribution in [0.15, 0.2) is 30.4 Å². The molecule has 0 spiro atoms. The van der Waals surface area contributed by atoms with E-state index in [-0.39, 0.29) is 17.7 Å². The highest BCUT2D eigenvalue weighted by Gasteiger charge is 2.21. The van der Waals surface area contributed by atoms with Gasteiger partial charge in [0.1, 0.15) is 0 Å². The molecule has 5 heteroatoms. The molecule has 1 aliphatic heterocycles. The van der Waals surface area contributed by atoms with E-state index in [0.29, 0.717) is 5.56 Å². The monoisotopic (exact) mass is 344 g/mol. The Labute approximate surface area is 147 Å². The number of hydrogen-bond donors (Lipinski definition) is 1. The van der Waals surface area contributed by atoms with Crippen LogP contribution >= 0.6 is 11.8 Å². The second-order valence-corrected chi connectivity index (χ2v) is 7.63. The summed E-state index contributed by atoms with van der Waals surface area (Å²) in [4.78, 5) is 26.8. The maximum atomic E-state index is 12.6. The first-order chi connectivity index (χ1) is 11.6. The van der Waals surface area contributed by atoms with E-state index in [1.807, 2.05) is 41.8 Å². The number of anilines is 1. The molecule has 1 heterocycles. The Balaban J connectivity index is 1.66. The van der Waals surface area contributed by atoms with Gasteiger partial charge in [0.05, 0.1) is 0 Å². The fraction of sp³-hybridized carbons (Fsp3) is 0.474. The molecule has 1 aromatic rings. The molecule has 0 radical (unpaired) electrons. The SMILES string of the molecule is Cc1cc(C(=O)N2CCSCC2)ccc1NC(=O)[C@@H]1CC=CCC1. The number of benzene rings is 1. The smallest absolute Gasteiger partial charge is 0.253 e. The zero-order valence-corrected chi connectivity index (χ0v) is 14.9. The fourth-order valence-corrected chi connectivity index (χ4v) is 4.06. The van der Waals surface area contributed by atoms with Crippen LogP contribution in [0, 0.1) is 12.8 Å². The van der Waals surface area contributed by atoms with Crippen LogP contribution in [0.5, 0.6) is 0 Å². The topological polar surface area (TPSA) is 49.4 Å². The van der Waals surface area contributed by atoms with Crippen LogP contribution < -0.4 is 5.32 Å². The van der Waals surface area contributed by atoms with Crippen molar-refractivity contribution in [2.24, 2.45) is 5.92 Å². The minimum atomic E-state index is 0.0570. The molecule has 0 unspecified atom stereocenters. The van der Waals surface area contributed by atoms with Crippen LogP contribution in [0.25, 0.3) is 0 Å². The molecule has 1 aromatic carbocycles. The van der Waals surface area contributed by atoms with Gasteiger partial charge < -0.3 is 10.2 Å². The minimum Gasteiger partial charge on any atom is -0.337 e. The molecule has 1 N–H and O–H groups in total. The lowest BCUT2D eigenvalue weighted by Gasteiger charge is -2.26.